The highest BCUT2D eigenvalue weighted by Gasteiger charge is 2.29. The Labute approximate surface area is 122 Å². The third-order valence-electron chi connectivity index (χ3n) is 4.95. The van der Waals surface area contributed by atoms with Crippen LogP contribution < -0.4 is 10.6 Å². The van der Waals surface area contributed by atoms with Crippen LogP contribution in [0.15, 0.2) is 24.3 Å². The third-order valence-corrected chi connectivity index (χ3v) is 4.95. The maximum Gasteiger partial charge on any atom is 0.0415 e. The molecule has 2 aliphatic heterocycles. The third kappa shape index (κ3) is 2.70. The zero-order valence-electron chi connectivity index (χ0n) is 12.6. The summed E-state index contributed by atoms with van der Waals surface area (Å²) in [6.45, 7) is 6.99. The topological polar surface area (TPSA) is 32.5 Å². The van der Waals surface area contributed by atoms with Gasteiger partial charge in [0.05, 0.1) is 0 Å². The number of benzene rings is 1. The van der Waals surface area contributed by atoms with E-state index in [2.05, 4.69) is 41.0 Å². The first kappa shape index (κ1) is 13.9. The summed E-state index contributed by atoms with van der Waals surface area (Å²) < 4.78 is 0. The Hall–Kier alpha value is -1.06. The van der Waals surface area contributed by atoms with Gasteiger partial charge in [0.15, 0.2) is 0 Å². The highest BCUT2D eigenvalue weighted by atomic mass is 15.3. The highest BCUT2D eigenvalue weighted by molar-refractivity contribution is 5.55. The van der Waals surface area contributed by atoms with E-state index in [9.17, 15) is 0 Å². The fourth-order valence-corrected chi connectivity index (χ4v) is 3.68. The van der Waals surface area contributed by atoms with Crippen LogP contribution in [-0.4, -0.2) is 37.1 Å². The van der Waals surface area contributed by atoms with E-state index in [-0.39, 0.29) is 6.04 Å². The molecular formula is C17H27N3. The van der Waals surface area contributed by atoms with E-state index in [0.29, 0.717) is 0 Å². The number of piperazine rings is 1. The predicted molar refractivity (Wildman–Crippen MR) is 85.1 cm³/mol. The molecule has 0 aromatic heterocycles. The standard InChI is InChI=1S/C17H27N3/c1-2-16(18)15-8-3-4-9-17(15)20-12-11-19-10-6-5-7-14(19)13-20/h3-4,8-9,14,16H,2,5-7,10-13,18H2,1H3/t14?,16-/m0/s1. The van der Waals surface area contributed by atoms with E-state index in [0.717, 1.165) is 19.0 Å². The number of hydrogen-bond acceptors (Lipinski definition) is 3. The second-order valence-corrected chi connectivity index (χ2v) is 6.21. The van der Waals surface area contributed by atoms with Crippen molar-refractivity contribution in [2.75, 3.05) is 31.1 Å². The fraction of sp³-hybridized carbons (Fsp3) is 0.647. The van der Waals surface area contributed by atoms with Crippen molar-refractivity contribution in [1.82, 2.24) is 4.90 Å². The number of nitrogens with zero attached hydrogens (tertiary/aromatic N) is 2. The molecule has 1 aromatic carbocycles. The Kier molecular flexibility index (Phi) is 4.27. The zero-order valence-corrected chi connectivity index (χ0v) is 12.6. The number of nitrogens with two attached hydrogens (primary N) is 1. The number of fused-ring (bicyclic) bond motifs is 1. The fourth-order valence-electron chi connectivity index (χ4n) is 3.68. The lowest BCUT2D eigenvalue weighted by Crippen LogP contribution is -2.55. The Morgan fingerprint density at radius 3 is 2.90 bits per heavy atom. The summed E-state index contributed by atoms with van der Waals surface area (Å²) in [4.78, 5) is 5.25. The van der Waals surface area contributed by atoms with Crippen molar-refractivity contribution in [2.45, 2.75) is 44.7 Å². The van der Waals surface area contributed by atoms with Crippen LogP contribution in [0.4, 0.5) is 5.69 Å². The molecule has 0 aliphatic carbocycles. The minimum Gasteiger partial charge on any atom is -0.368 e. The first-order valence-electron chi connectivity index (χ1n) is 8.13. The molecule has 0 radical (unpaired) electrons. The number of piperidine rings is 1. The molecule has 2 atom stereocenters. The number of anilines is 1. The number of hydrogen-bond donors (Lipinski definition) is 1. The summed E-state index contributed by atoms with van der Waals surface area (Å²) in [6, 6.07) is 9.64. The van der Waals surface area contributed by atoms with Gasteiger partial charge in [-0.1, -0.05) is 31.5 Å². The molecule has 1 unspecified atom stereocenters. The van der Waals surface area contributed by atoms with E-state index < -0.39 is 0 Å². The van der Waals surface area contributed by atoms with Gasteiger partial charge in [0.2, 0.25) is 0 Å². The van der Waals surface area contributed by atoms with Gasteiger partial charge >= 0.3 is 0 Å². The molecule has 1 aromatic rings. The average molecular weight is 273 g/mol. The molecule has 2 fully saturated rings. The summed E-state index contributed by atoms with van der Waals surface area (Å²) in [7, 11) is 0. The maximum atomic E-state index is 6.30. The molecule has 2 aliphatic rings. The lowest BCUT2D eigenvalue weighted by Gasteiger charge is -2.45. The van der Waals surface area contributed by atoms with Crippen molar-refractivity contribution in [1.29, 1.82) is 0 Å². The Balaban J connectivity index is 1.79. The van der Waals surface area contributed by atoms with Gasteiger partial charge in [-0.3, -0.25) is 4.90 Å². The van der Waals surface area contributed by atoms with Gasteiger partial charge in [-0.05, 0) is 37.4 Å². The van der Waals surface area contributed by atoms with E-state index in [1.807, 2.05) is 0 Å². The summed E-state index contributed by atoms with van der Waals surface area (Å²) in [5, 5.41) is 0. The van der Waals surface area contributed by atoms with Crippen LogP contribution in [0.1, 0.15) is 44.2 Å². The minimum absolute atomic E-state index is 0.163. The molecule has 110 valence electrons. The van der Waals surface area contributed by atoms with Crippen molar-refractivity contribution < 1.29 is 0 Å². The molecular weight excluding hydrogens is 246 g/mol. The molecule has 2 heterocycles. The molecule has 0 bridgehead atoms. The molecule has 2 N–H and O–H groups in total. The minimum atomic E-state index is 0.163. The summed E-state index contributed by atoms with van der Waals surface area (Å²) in [5.41, 5.74) is 8.98. The van der Waals surface area contributed by atoms with Crippen molar-refractivity contribution >= 4 is 5.69 Å². The summed E-state index contributed by atoms with van der Waals surface area (Å²) in [5.74, 6) is 0. The summed E-state index contributed by atoms with van der Waals surface area (Å²) >= 11 is 0. The van der Waals surface area contributed by atoms with Gasteiger partial charge in [0.1, 0.15) is 0 Å². The van der Waals surface area contributed by atoms with E-state index >= 15 is 0 Å². The average Bonchev–Trinajstić information content (AvgIpc) is 2.53. The van der Waals surface area contributed by atoms with Gasteiger partial charge in [0.25, 0.3) is 0 Å². The van der Waals surface area contributed by atoms with Gasteiger partial charge in [0, 0.05) is 37.4 Å². The van der Waals surface area contributed by atoms with Gasteiger partial charge in [-0.15, -0.1) is 0 Å². The first-order valence-corrected chi connectivity index (χ1v) is 8.13. The first-order chi connectivity index (χ1) is 9.79. The molecule has 20 heavy (non-hydrogen) atoms. The summed E-state index contributed by atoms with van der Waals surface area (Å²) in [6.07, 6.45) is 5.14. The zero-order chi connectivity index (χ0) is 13.9. The second kappa shape index (κ2) is 6.15. The monoisotopic (exact) mass is 273 g/mol. The lowest BCUT2D eigenvalue weighted by atomic mass is 9.97. The Bertz CT molecular complexity index is 446. The quantitative estimate of drug-likeness (QED) is 0.919. The van der Waals surface area contributed by atoms with Crippen LogP contribution in [-0.2, 0) is 0 Å². The lowest BCUT2D eigenvalue weighted by molar-refractivity contribution is 0.133. The van der Waals surface area contributed by atoms with Crippen LogP contribution in [0, 0.1) is 0 Å². The predicted octanol–water partition coefficient (Wildman–Crippen LogP) is 2.77. The smallest absolute Gasteiger partial charge is 0.0415 e. The largest absolute Gasteiger partial charge is 0.368 e. The van der Waals surface area contributed by atoms with Gasteiger partial charge in [-0.2, -0.15) is 0 Å². The van der Waals surface area contributed by atoms with E-state index in [1.165, 1.54) is 50.1 Å². The number of rotatable bonds is 3. The SMILES string of the molecule is CC[C@H](N)c1ccccc1N1CCN2CCCCC2C1. The molecule has 3 heteroatoms. The van der Waals surface area contributed by atoms with Crippen LogP contribution in [0.25, 0.3) is 0 Å². The normalized spacial score (nSPS) is 25.3. The van der Waals surface area contributed by atoms with Crippen molar-refractivity contribution in [3.05, 3.63) is 29.8 Å². The molecule has 2 saturated heterocycles. The molecule has 3 nitrogen and oxygen atoms in total. The van der Waals surface area contributed by atoms with Gasteiger partial charge < -0.3 is 10.6 Å². The van der Waals surface area contributed by atoms with Crippen LogP contribution >= 0.6 is 0 Å². The van der Waals surface area contributed by atoms with Crippen LogP contribution in [0.5, 0.6) is 0 Å². The van der Waals surface area contributed by atoms with Crippen molar-refractivity contribution in [3.8, 4) is 0 Å². The van der Waals surface area contributed by atoms with Crippen molar-refractivity contribution in [3.63, 3.8) is 0 Å². The second-order valence-electron chi connectivity index (χ2n) is 6.21. The molecule has 0 amide bonds. The van der Waals surface area contributed by atoms with Crippen LogP contribution in [0.3, 0.4) is 0 Å². The number of para-hydroxylation sites is 1. The van der Waals surface area contributed by atoms with E-state index in [4.69, 9.17) is 5.73 Å². The highest BCUT2D eigenvalue weighted by Crippen LogP contribution is 2.30. The molecule has 0 saturated carbocycles. The Morgan fingerprint density at radius 1 is 1.20 bits per heavy atom. The molecule has 3 rings (SSSR count). The van der Waals surface area contributed by atoms with Crippen LogP contribution in [0.2, 0.25) is 0 Å². The van der Waals surface area contributed by atoms with Gasteiger partial charge in [-0.25, -0.2) is 0 Å². The van der Waals surface area contributed by atoms with E-state index in [1.54, 1.807) is 0 Å². The van der Waals surface area contributed by atoms with Crippen molar-refractivity contribution in [2.24, 2.45) is 5.73 Å². The molecule has 0 spiro atoms. The maximum absolute atomic E-state index is 6.30. The Morgan fingerprint density at radius 2 is 2.05 bits per heavy atom.